The van der Waals surface area contributed by atoms with Gasteiger partial charge < -0.3 is 29.3 Å². The second-order valence-corrected chi connectivity index (χ2v) is 13.4. The highest BCUT2D eigenvalue weighted by molar-refractivity contribution is 5.99. The summed E-state index contributed by atoms with van der Waals surface area (Å²) in [6.45, 7) is 15.6. The van der Waals surface area contributed by atoms with Crippen molar-refractivity contribution in [3.8, 4) is 0 Å². The van der Waals surface area contributed by atoms with E-state index >= 15 is 0 Å². The Kier molecular flexibility index (Phi) is 11.4. The van der Waals surface area contributed by atoms with Crippen LogP contribution in [0.1, 0.15) is 51.0 Å². The monoisotopic (exact) mass is 636 g/mol. The van der Waals surface area contributed by atoms with E-state index in [4.69, 9.17) is 9.47 Å². The van der Waals surface area contributed by atoms with Crippen LogP contribution in [0.15, 0.2) is 55.6 Å². The lowest BCUT2D eigenvalue weighted by molar-refractivity contribution is -0.153. The van der Waals surface area contributed by atoms with Gasteiger partial charge in [-0.05, 0) is 38.2 Å². The maximum atomic E-state index is 14.7. The van der Waals surface area contributed by atoms with Crippen molar-refractivity contribution >= 4 is 17.7 Å². The van der Waals surface area contributed by atoms with Crippen molar-refractivity contribution in [1.82, 2.24) is 19.6 Å². The molecule has 4 aliphatic rings. The second-order valence-electron chi connectivity index (χ2n) is 13.4. The van der Waals surface area contributed by atoms with Gasteiger partial charge in [0.25, 0.3) is 0 Å². The number of amides is 3. The van der Waals surface area contributed by atoms with Gasteiger partial charge in [0.05, 0.1) is 30.7 Å². The van der Waals surface area contributed by atoms with Crippen LogP contribution >= 0.6 is 0 Å². The third kappa shape index (κ3) is 6.81. The number of likely N-dealkylation sites (tertiary alicyclic amines) is 1. The zero-order valence-electron chi connectivity index (χ0n) is 27.5. The molecule has 4 saturated heterocycles. The van der Waals surface area contributed by atoms with Gasteiger partial charge in [-0.3, -0.25) is 19.3 Å². The molecule has 10 nitrogen and oxygen atoms in total. The normalized spacial score (nSPS) is 28.7. The van der Waals surface area contributed by atoms with Gasteiger partial charge >= 0.3 is 0 Å². The molecule has 2 unspecified atom stereocenters. The summed E-state index contributed by atoms with van der Waals surface area (Å²) in [5.41, 5.74) is -0.923. The van der Waals surface area contributed by atoms with Gasteiger partial charge in [-0.15, -0.1) is 13.2 Å². The Balaban J connectivity index is 1.45. The highest BCUT2D eigenvalue weighted by Crippen LogP contribution is 2.63. The van der Waals surface area contributed by atoms with Crippen molar-refractivity contribution in [2.45, 2.75) is 69.2 Å². The molecule has 4 heterocycles. The summed E-state index contributed by atoms with van der Waals surface area (Å²) in [6.07, 6.45) is 7.70. The number of hydrogen-bond donors (Lipinski definition) is 1. The number of carbonyl (C=O) groups excluding carboxylic acids is 3. The smallest absolute Gasteiger partial charge is 0.248 e. The second kappa shape index (κ2) is 15.2. The van der Waals surface area contributed by atoms with Gasteiger partial charge in [0.15, 0.2) is 0 Å². The van der Waals surface area contributed by atoms with Crippen LogP contribution in [-0.4, -0.2) is 125 Å². The lowest BCUT2D eigenvalue weighted by Gasteiger charge is -2.37. The lowest BCUT2D eigenvalue weighted by Crippen LogP contribution is -2.57. The predicted octanol–water partition coefficient (Wildman–Crippen LogP) is 2.87. The molecular formula is C36H52N4O6. The molecule has 1 aromatic rings. The number of hydrogen-bond acceptors (Lipinski definition) is 7. The topological polar surface area (TPSA) is 103 Å². The van der Waals surface area contributed by atoms with Crippen LogP contribution in [0.2, 0.25) is 0 Å². The minimum atomic E-state index is -1.07. The van der Waals surface area contributed by atoms with Crippen molar-refractivity contribution in [2.75, 3.05) is 65.6 Å². The Bertz CT molecular complexity index is 1240. The van der Waals surface area contributed by atoms with Gasteiger partial charge in [-0.2, -0.15) is 0 Å². The van der Waals surface area contributed by atoms with Crippen LogP contribution in [0.5, 0.6) is 0 Å². The molecule has 10 heteroatoms. The van der Waals surface area contributed by atoms with Crippen molar-refractivity contribution < 1.29 is 29.0 Å². The molecular weight excluding hydrogens is 584 g/mol. The highest BCUT2D eigenvalue weighted by Gasteiger charge is 2.78. The van der Waals surface area contributed by atoms with Gasteiger partial charge in [0.1, 0.15) is 11.6 Å². The molecule has 46 heavy (non-hydrogen) atoms. The lowest BCUT2D eigenvalue weighted by atomic mass is 9.66. The number of benzene rings is 1. The molecule has 5 atom stereocenters. The summed E-state index contributed by atoms with van der Waals surface area (Å²) in [7, 11) is 0. The first-order valence-electron chi connectivity index (χ1n) is 17.0. The maximum Gasteiger partial charge on any atom is 0.248 e. The molecule has 0 aromatic heterocycles. The molecule has 4 fully saturated rings. The summed E-state index contributed by atoms with van der Waals surface area (Å²) >= 11 is 0. The van der Waals surface area contributed by atoms with Crippen molar-refractivity contribution in [1.29, 1.82) is 0 Å². The molecule has 0 radical (unpaired) electrons. The zero-order chi connectivity index (χ0) is 32.7. The largest absolute Gasteiger partial charge is 0.396 e. The Morgan fingerprint density at radius 3 is 2.37 bits per heavy atom. The number of ether oxygens (including phenoxy) is 2. The number of unbranched alkanes of at least 4 members (excludes halogenated alkanes) is 3. The first kappa shape index (κ1) is 34.3. The quantitative estimate of drug-likeness (QED) is 0.207. The van der Waals surface area contributed by atoms with Crippen LogP contribution in [0.25, 0.3) is 0 Å². The van der Waals surface area contributed by atoms with Crippen LogP contribution in [0, 0.1) is 11.8 Å². The minimum absolute atomic E-state index is 0.127. The summed E-state index contributed by atoms with van der Waals surface area (Å²) in [5.74, 6) is -1.86. The molecule has 0 saturated carbocycles. The van der Waals surface area contributed by atoms with Crippen molar-refractivity contribution in [3.05, 3.63) is 61.2 Å². The maximum absolute atomic E-state index is 14.7. The predicted molar refractivity (Wildman–Crippen MR) is 176 cm³/mol. The van der Waals surface area contributed by atoms with E-state index in [0.29, 0.717) is 78.2 Å². The van der Waals surface area contributed by atoms with Crippen LogP contribution in [0.4, 0.5) is 0 Å². The van der Waals surface area contributed by atoms with E-state index in [0.717, 1.165) is 31.5 Å². The fourth-order valence-electron chi connectivity index (χ4n) is 8.17. The molecule has 1 aromatic carbocycles. The standard InChI is InChI=1S/C36H52N4O6/c1-4-17-38(21-20-37-22-25-45-26-23-37)34(44)31-36-16-15-35(3,46-36)29(30(36)33(43)40(31)19-11-6-7-12-24-41)32(42)39(18-5-2)27-28-13-9-8-10-14-28/h4-5,8-10,13-14,29-31,41H,1-2,6-7,11-12,15-27H2,3H3/t29-,30+,31?,35+,36?/m1/s1. The Labute approximate surface area is 274 Å². The van der Waals surface area contributed by atoms with Gasteiger partial charge in [-0.1, -0.05) is 55.3 Å². The van der Waals surface area contributed by atoms with E-state index in [2.05, 4.69) is 18.1 Å². The number of fused-ring (bicyclic) bond motifs is 1. The molecule has 2 bridgehead atoms. The van der Waals surface area contributed by atoms with Crippen LogP contribution in [-0.2, 0) is 30.4 Å². The fourth-order valence-corrected chi connectivity index (χ4v) is 8.17. The van der Waals surface area contributed by atoms with Gasteiger partial charge in [0.2, 0.25) is 17.7 Å². The molecule has 0 aliphatic carbocycles. The molecule has 3 amide bonds. The molecule has 1 spiro atoms. The van der Waals surface area contributed by atoms with E-state index in [1.165, 1.54) is 0 Å². The average Bonchev–Trinajstić information content (AvgIpc) is 3.63. The fraction of sp³-hybridized carbons (Fsp3) is 0.639. The van der Waals surface area contributed by atoms with Gasteiger partial charge in [-0.25, -0.2) is 0 Å². The van der Waals surface area contributed by atoms with Crippen LogP contribution in [0.3, 0.4) is 0 Å². The Morgan fingerprint density at radius 1 is 0.978 bits per heavy atom. The van der Waals surface area contributed by atoms with E-state index < -0.39 is 29.1 Å². The summed E-state index contributed by atoms with van der Waals surface area (Å²) in [5, 5.41) is 9.26. The number of aliphatic hydroxyl groups is 1. The SMILES string of the molecule is C=CCN(CCN1CCOCC1)C(=O)C1N(CCCCCCO)C(=O)[C@@H]2[C@H](C(=O)N(CC=C)Cc3ccccc3)[C@]3(C)CCC12O3. The van der Waals surface area contributed by atoms with E-state index in [-0.39, 0.29) is 24.3 Å². The third-order valence-electron chi connectivity index (χ3n) is 10.4. The molecule has 4 aliphatic heterocycles. The van der Waals surface area contributed by atoms with E-state index in [1.54, 1.807) is 22.0 Å². The number of nitrogens with zero attached hydrogens (tertiary/aromatic N) is 4. The zero-order valence-corrected chi connectivity index (χ0v) is 27.5. The van der Waals surface area contributed by atoms with Crippen LogP contribution < -0.4 is 0 Å². The first-order valence-corrected chi connectivity index (χ1v) is 17.0. The number of rotatable bonds is 17. The number of aliphatic hydroxyl groups excluding tert-OH is 1. The van der Waals surface area contributed by atoms with E-state index in [9.17, 15) is 19.5 Å². The first-order chi connectivity index (χ1) is 22.3. The number of carbonyl (C=O) groups is 3. The molecule has 252 valence electrons. The third-order valence-corrected chi connectivity index (χ3v) is 10.4. The van der Waals surface area contributed by atoms with Crippen molar-refractivity contribution in [2.24, 2.45) is 11.8 Å². The Morgan fingerprint density at radius 2 is 1.67 bits per heavy atom. The Hall–Kier alpha value is -3.05. The van der Waals surface area contributed by atoms with Crippen molar-refractivity contribution in [3.63, 3.8) is 0 Å². The summed E-state index contributed by atoms with van der Waals surface area (Å²) in [6, 6.07) is 9.01. The molecule has 1 N–H and O–H groups in total. The minimum Gasteiger partial charge on any atom is -0.396 e. The van der Waals surface area contributed by atoms with E-state index in [1.807, 2.05) is 42.2 Å². The number of morpholine rings is 1. The summed E-state index contributed by atoms with van der Waals surface area (Å²) < 4.78 is 12.4. The average molecular weight is 637 g/mol. The molecule has 5 rings (SSSR count). The highest BCUT2D eigenvalue weighted by atomic mass is 16.5. The summed E-state index contributed by atoms with van der Waals surface area (Å²) in [4.78, 5) is 51.4. The van der Waals surface area contributed by atoms with Gasteiger partial charge in [0, 0.05) is 59.0 Å².